The van der Waals surface area contributed by atoms with Gasteiger partial charge in [0.15, 0.2) is 17.5 Å². The predicted molar refractivity (Wildman–Crippen MR) is 283 cm³/mol. The molecule has 0 N–H and O–H groups in total. The summed E-state index contributed by atoms with van der Waals surface area (Å²) in [6, 6.07) is 83.4. The van der Waals surface area contributed by atoms with E-state index >= 15 is 0 Å². The van der Waals surface area contributed by atoms with E-state index in [1.165, 1.54) is 21.5 Å². The van der Waals surface area contributed by atoms with Crippen molar-refractivity contribution in [1.82, 2.24) is 24.1 Å². The molecule has 0 bridgehead atoms. The van der Waals surface area contributed by atoms with Crippen LogP contribution in [0.5, 0.6) is 0 Å². The fourth-order valence-electron chi connectivity index (χ4n) is 10.4. The zero-order chi connectivity index (χ0) is 45.4. The van der Waals surface area contributed by atoms with Gasteiger partial charge in [0, 0.05) is 65.8 Å². The van der Waals surface area contributed by atoms with Gasteiger partial charge in [0.2, 0.25) is 0 Å². The van der Waals surface area contributed by atoms with Gasteiger partial charge in [-0.3, -0.25) is 0 Å². The highest BCUT2D eigenvalue weighted by Crippen LogP contribution is 2.42. The number of nitrogens with zero attached hydrogens (tertiary/aromatic N) is 5. The van der Waals surface area contributed by atoms with Crippen molar-refractivity contribution < 1.29 is 4.42 Å². The van der Waals surface area contributed by atoms with Gasteiger partial charge in [0.05, 0.1) is 27.8 Å². The highest BCUT2D eigenvalue weighted by molar-refractivity contribution is 6.12. The number of fused-ring (bicyclic) bond motifs is 9. The SMILES string of the molecule is c1ccc(-c2nc(-c3ccc(-c4ccc(-c5cccc6c5oc5ccccc56)cc4-n4c5ccccc5c5ccccc54)cc3)nc(-c3cccc(-n4c5ccccc5c5ccccc54)c3)n2)cc1. The van der Waals surface area contributed by atoms with E-state index in [-0.39, 0.29) is 0 Å². The van der Waals surface area contributed by atoms with Crippen molar-refractivity contribution in [2.45, 2.75) is 0 Å². The Morgan fingerprint density at radius 2 is 0.754 bits per heavy atom. The van der Waals surface area contributed by atoms with Crippen molar-refractivity contribution >= 4 is 65.6 Å². The Bertz CT molecular complexity index is 4210. The molecule has 4 aromatic heterocycles. The zero-order valence-electron chi connectivity index (χ0n) is 37.2. The van der Waals surface area contributed by atoms with Crippen LogP contribution < -0.4 is 0 Å². The van der Waals surface area contributed by atoms with E-state index in [4.69, 9.17) is 19.4 Å². The second-order valence-corrected chi connectivity index (χ2v) is 17.6. The largest absolute Gasteiger partial charge is 0.455 e. The lowest BCUT2D eigenvalue weighted by Crippen LogP contribution is -2.01. The zero-order valence-corrected chi connectivity index (χ0v) is 37.2. The van der Waals surface area contributed by atoms with Gasteiger partial charge in [-0.25, -0.2) is 15.0 Å². The lowest BCUT2D eigenvalue weighted by atomic mass is 9.96. The molecule has 6 heteroatoms. The minimum Gasteiger partial charge on any atom is -0.455 e. The van der Waals surface area contributed by atoms with Crippen LogP contribution in [-0.2, 0) is 0 Å². The highest BCUT2D eigenvalue weighted by atomic mass is 16.3. The van der Waals surface area contributed by atoms with E-state index in [0.717, 1.165) is 94.3 Å². The third kappa shape index (κ3) is 6.30. The van der Waals surface area contributed by atoms with Gasteiger partial charge in [-0.15, -0.1) is 0 Å². The molecule has 0 fully saturated rings. The molecule has 14 aromatic rings. The number of benzene rings is 10. The van der Waals surface area contributed by atoms with E-state index < -0.39 is 0 Å². The molecule has 6 nitrogen and oxygen atoms in total. The Labute approximate surface area is 396 Å². The molecule has 0 radical (unpaired) electrons. The number of hydrogen-bond acceptors (Lipinski definition) is 4. The summed E-state index contributed by atoms with van der Waals surface area (Å²) in [5, 5.41) is 7.07. The maximum Gasteiger partial charge on any atom is 0.164 e. The summed E-state index contributed by atoms with van der Waals surface area (Å²) < 4.78 is 11.3. The molecule has 0 atom stereocenters. The summed E-state index contributed by atoms with van der Waals surface area (Å²) in [6.07, 6.45) is 0. The molecule has 0 unspecified atom stereocenters. The maximum atomic E-state index is 6.58. The minimum atomic E-state index is 0.601. The van der Waals surface area contributed by atoms with Gasteiger partial charge in [-0.1, -0.05) is 188 Å². The van der Waals surface area contributed by atoms with Crippen molar-refractivity contribution in [2.24, 2.45) is 0 Å². The van der Waals surface area contributed by atoms with Gasteiger partial charge in [0.1, 0.15) is 11.2 Å². The van der Waals surface area contributed by atoms with Crippen LogP contribution in [0.4, 0.5) is 0 Å². The Morgan fingerprint density at radius 3 is 1.39 bits per heavy atom. The van der Waals surface area contributed by atoms with Crippen LogP contribution in [-0.4, -0.2) is 24.1 Å². The lowest BCUT2D eigenvalue weighted by molar-refractivity contribution is 0.670. The van der Waals surface area contributed by atoms with Crippen molar-refractivity contribution in [2.75, 3.05) is 0 Å². The highest BCUT2D eigenvalue weighted by Gasteiger charge is 2.20. The maximum absolute atomic E-state index is 6.58. The smallest absolute Gasteiger partial charge is 0.164 e. The topological polar surface area (TPSA) is 61.7 Å². The van der Waals surface area contributed by atoms with Crippen LogP contribution in [0.3, 0.4) is 0 Å². The molecule has 10 aromatic carbocycles. The first-order valence-electron chi connectivity index (χ1n) is 23.3. The number of aromatic nitrogens is 5. The van der Waals surface area contributed by atoms with Crippen molar-refractivity contribution in [3.05, 3.63) is 237 Å². The van der Waals surface area contributed by atoms with Crippen molar-refractivity contribution in [3.63, 3.8) is 0 Å². The van der Waals surface area contributed by atoms with Crippen molar-refractivity contribution in [3.8, 4) is 67.8 Å². The van der Waals surface area contributed by atoms with Crippen molar-refractivity contribution in [1.29, 1.82) is 0 Å². The first-order chi connectivity index (χ1) is 34.2. The molecule has 0 amide bonds. The van der Waals surface area contributed by atoms with Gasteiger partial charge >= 0.3 is 0 Å². The fourth-order valence-corrected chi connectivity index (χ4v) is 10.4. The molecular weight excluding hydrogens is 843 g/mol. The number of furan rings is 1. The molecule has 4 heterocycles. The van der Waals surface area contributed by atoms with Gasteiger partial charge < -0.3 is 13.6 Å². The van der Waals surface area contributed by atoms with Crippen LogP contribution in [0.15, 0.2) is 241 Å². The first kappa shape index (κ1) is 38.8. The number of para-hydroxylation sites is 6. The molecule has 0 aliphatic heterocycles. The molecule has 0 spiro atoms. The summed E-state index contributed by atoms with van der Waals surface area (Å²) in [4.78, 5) is 15.5. The van der Waals surface area contributed by atoms with E-state index in [9.17, 15) is 0 Å². The molecule has 0 aliphatic rings. The molecular formula is C63H39N5O. The van der Waals surface area contributed by atoms with Gasteiger partial charge in [0.25, 0.3) is 0 Å². The van der Waals surface area contributed by atoms with Crippen LogP contribution in [0.2, 0.25) is 0 Å². The Morgan fingerprint density at radius 1 is 0.290 bits per heavy atom. The minimum absolute atomic E-state index is 0.601. The number of rotatable bonds is 7. The van der Waals surface area contributed by atoms with E-state index in [0.29, 0.717) is 17.5 Å². The Kier molecular flexibility index (Phi) is 8.79. The van der Waals surface area contributed by atoms with Gasteiger partial charge in [-0.05, 0) is 59.7 Å². The second kappa shape index (κ2) is 15.6. The van der Waals surface area contributed by atoms with Crippen LogP contribution in [0, 0.1) is 0 Å². The van der Waals surface area contributed by atoms with Crippen LogP contribution in [0.25, 0.3) is 133 Å². The Hall–Kier alpha value is -9.39. The van der Waals surface area contributed by atoms with E-state index in [1.54, 1.807) is 0 Å². The van der Waals surface area contributed by atoms with Crippen LogP contribution in [0.1, 0.15) is 0 Å². The fraction of sp³-hybridized carbons (Fsp3) is 0. The standard InChI is InChI=1S/C63H39N5O/c1-2-16-41(17-3-1)61-64-62(66-63(65-61)44-18-14-19-45(38-44)67-54-27-9-4-20-48(54)49-21-5-10-28-55(49)67)42-34-32-40(33-35-42)46-37-36-43(47-25-15-26-53-52-24-8-13-31-59(52)69-60(47)53)39-58(46)68-56-29-11-6-22-50(56)51-23-7-12-30-57(51)68/h1-39H. The third-order valence-corrected chi connectivity index (χ3v) is 13.6. The summed E-state index contributed by atoms with van der Waals surface area (Å²) in [5.41, 5.74) is 15.5. The van der Waals surface area contributed by atoms with E-state index in [2.05, 4.69) is 215 Å². The summed E-state index contributed by atoms with van der Waals surface area (Å²) in [5.74, 6) is 1.82. The normalized spacial score (nSPS) is 11.8. The number of hydrogen-bond donors (Lipinski definition) is 0. The lowest BCUT2D eigenvalue weighted by Gasteiger charge is -2.17. The molecule has 14 rings (SSSR count). The van der Waals surface area contributed by atoms with Crippen LogP contribution >= 0.6 is 0 Å². The quantitative estimate of drug-likeness (QED) is 0.160. The molecule has 0 saturated carbocycles. The second-order valence-electron chi connectivity index (χ2n) is 17.6. The average Bonchev–Trinajstić information content (AvgIpc) is 4.09. The summed E-state index contributed by atoms with van der Waals surface area (Å²) in [6.45, 7) is 0. The Balaban J connectivity index is 0.916. The summed E-state index contributed by atoms with van der Waals surface area (Å²) >= 11 is 0. The average molecular weight is 882 g/mol. The summed E-state index contributed by atoms with van der Waals surface area (Å²) in [7, 11) is 0. The molecule has 0 saturated heterocycles. The molecule has 0 aliphatic carbocycles. The molecule has 322 valence electrons. The molecule has 69 heavy (non-hydrogen) atoms. The third-order valence-electron chi connectivity index (χ3n) is 13.6. The predicted octanol–water partition coefficient (Wildman–Crippen LogP) is 16.3. The first-order valence-corrected chi connectivity index (χ1v) is 23.3. The van der Waals surface area contributed by atoms with E-state index in [1.807, 2.05) is 30.3 Å². The monoisotopic (exact) mass is 881 g/mol. The van der Waals surface area contributed by atoms with Gasteiger partial charge in [-0.2, -0.15) is 0 Å².